The average molecular weight is 412 g/mol. The molecule has 156 valence electrons. The smallest absolute Gasteiger partial charge is 0.407 e. The van der Waals surface area contributed by atoms with Crippen LogP contribution in [0, 0.1) is 0 Å². The first-order chi connectivity index (χ1) is 13.0. The third-order valence-corrected chi connectivity index (χ3v) is 5.01. The second-order valence-electron chi connectivity index (χ2n) is 7.67. The highest BCUT2D eigenvalue weighted by Crippen LogP contribution is 2.13. The minimum atomic E-state index is -3.74. The number of aliphatic imine (C=N–C) groups is 1. The minimum Gasteiger partial charge on any atom is -0.444 e. The summed E-state index contributed by atoms with van der Waals surface area (Å²) in [6, 6.07) is 6.43. The summed E-state index contributed by atoms with van der Waals surface area (Å²) < 4.78 is 28.3. The lowest BCUT2D eigenvalue weighted by Crippen LogP contribution is -2.44. The van der Waals surface area contributed by atoms with E-state index in [0.717, 1.165) is 18.5 Å². The molecule has 9 nitrogen and oxygen atoms in total. The zero-order valence-corrected chi connectivity index (χ0v) is 17.5. The molecule has 0 spiro atoms. The van der Waals surface area contributed by atoms with E-state index in [0.29, 0.717) is 19.0 Å². The van der Waals surface area contributed by atoms with Gasteiger partial charge in [-0.2, -0.15) is 0 Å². The van der Waals surface area contributed by atoms with E-state index in [9.17, 15) is 13.2 Å². The second kappa shape index (κ2) is 8.78. The number of hydrogen-bond acceptors (Lipinski definition) is 5. The van der Waals surface area contributed by atoms with Crippen molar-refractivity contribution in [2.45, 2.75) is 50.3 Å². The molecule has 1 amide bonds. The SMILES string of the molecule is CN=C(NCc1cccc(S(N)(=O)=O)c1)N1CCC(NC(=O)OC(C)(C)C)C1. The summed E-state index contributed by atoms with van der Waals surface area (Å²) in [5.41, 5.74) is 0.237. The van der Waals surface area contributed by atoms with Crippen LogP contribution in [0.5, 0.6) is 0 Å². The van der Waals surface area contributed by atoms with Gasteiger partial charge < -0.3 is 20.3 Å². The fraction of sp³-hybridized carbons (Fsp3) is 0.556. The molecule has 1 aliphatic heterocycles. The maximum Gasteiger partial charge on any atom is 0.407 e. The Morgan fingerprint density at radius 3 is 2.71 bits per heavy atom. The van der Waals surface area contributed by atoms with Gasteiger partial charge in [-0.3, -0.25) is 4.99 Å². The molecule has 1 fully saturated rings. The number of primary sulfonamides is 1. The van der Waals surface area contributed by atoms with E-state index in [-0.39, 0.29) is 10.9 Å². The number of hydrogen-bond donors (Lipinski definition) is 3. The number of guanidine groups is 1. The second-order valence-corrected chi connectivity index (χ2v) is 9.23. The number of amides is 1. The van der Waals surface area contributed by atoms with Crippen LogP contribution in [-0.2, 0) is 21.3 Å². The normalized spacial score (nSPS) is 18.1. The van der Waals surface area contributed by atoms with E-state index in [1.165, 1.54) is 12.1 Å². The van der Waals surface area contributed by atoms with Crippen LogP contribution in [0.1, 0.15) is 32.8 Å². The molecule has 2 rings (SSSR count). The predicted molar refractivity (Wildman–Crippen MR) is 107 cm³/mol. The number of carbonyl (C=O) groups is 1. The van der Waals surface area contributed by atoms with Crippen molar-refractivity contribution in [1.29, 1.82) is 0 Å². The lowest BCUT2D eigenvalue weighted by molar-refractivity contribution is 0.0507. The lowest BCUT2D eigenvalue weighted by Gasteiger charge is -2.23. The van der Waals surface area contributed by atoms with Crippen molar-refractivity contribution in [3.63, 3.8) is 0 Å². The first-order valence-electron chi connectivity index (χ1n) is 9.05. The number of nitrogens with two attached hydrogens (primary N) is 1. The van der Waals surface area contributed by atoms with E-state index in [4.69, 9.17) is 9.88 Å². The number of nitrogens with one attached hydrogen (secondary N) is 2. The quantitative estimate of drug-likeness (QED) is 0.501. The van der Waals surface area contributed by atoms with Crippen LogP contribution in [-0.4, -0.2) is 57.2 Å². The van der Waals surface area contributed by atoms with Crippen LogP contribution >= 0.6 is 0 Å². The third-order valence-electron chi connectivity index (χ3n) is 4.10. The fourth-order valence-electron chi connectivity index (χ4n) is 2.89. The Hall–Kier alpha value is -2.33. The van der Waals surface area contributed by atoms with Gasteiger partial charge in [0.25, 0.3) is 0 Å². The van der Waals surface area contributed by atoms with Gasteiger partial charge in [0.1, 0.15) is 5.60 Å². The van der Waals surface area contributed by atoms with Crippen molar-refractivity contribution < 1.29 is 17.9 Å². The van der Waals surface area contributed by atoms with Gasteiger partial charge in [-0.05, 0) is 44.9 Å². The molecule has 0 aromatic heterocycles. The highest BCUT2D eigenvalue weighted by atomic mass is 32.2. The van der Waals surface area contributed by atoms with Gasteiger partial charge in [-0.25, -0.2) is 18.4 Å². The monoisotopic (exact) mass is 411 g/mol. The molecule has 0 saturated carbocycles. The van der Waals surface area contributed by atoms with Gasteiger partial charge in [0.05, 0.1) is 10.9 Å². The Morgan fingerprint density at radius 1 is 1.39 bits per heavy atom. The Balaban J connectivity index is 1.90. The van der Waals surface area contributed by atoms with Crippen LogP contribution in [0.2, 0.25) is 0 Å². The fourth-order valence-corrected chi connectivity index (χ4v) is 3.47. The average Bonchev–Trinajstić information content (AvgIpc) is 3.01. The summed E-state index contributed by atoms with van der Waals surface area (Å²) in [6.45, 7) is 7.21. The van der Waals surface area contributed by atoms with Crippen molar-refractivity contribution in [2.24, 2.45) is 10.1 Å². The van der Waals surface area contributed by atoms with Gasteiger partial charge in [-0.15, -0.1) is 0 Å². The number of carbonyl (C=O) groups excluding carboxylic acids is 1. The van der Waals surface area contributed by atoms with E-state index in [1.807, 2.05) is 31.7 Å². The molecule has 1 atom stereocenters. The van der Waals surface area contributed by atoms with Gasteiger partial charge in [0.2, 0.25) is 10.0 Å². The number of sulfonamides is 1. The molecular formula is C18H29N5O4S. The Kier molecular flexibility index (Phi) is 6.89. The van der Waals surface area contributed by atoms with E-state index in [2.05, 4.69) is 15.6 Å². The minimum absolute atomic E-state index is 0.0286. The Labute approximate surface area is 166 Å². The van der Waals surface area contributed by atoms with Crippen molar-refractivity contribution in [3.8, 4) is 0 Å². The molecular weight excluding hydrogens is 382 g/mol. The highest BCUT2D eigenvalue weighted by molar-refractivity contribution is 7.89. The van der Waals surface area contributed by atoms with Crippen molar-refractivity contribution >= 4 is 22.1 Å². The zero-order valence-electron chi connectivity index (χ0n) is 16.7. The third kappa shape index (κ3) is 6.68. The molecule has 1 aromatic carbocycles. The topological polar surface area (TPSA) is 126 Å². The van der Waals surface area contributed by atoms with Crippen LogP contribution in [0.25, 0.3) is 0 Å². The molecule has 1 unspecified atom stereocenters. The van der Waals surface area contributed by atoms with Crippen LogP contribution in [0.3, 0.4) is 0 Å². The van der Waals surface area contributed by atoms with Crippen LogP contribution in [0.15, 0.2) is 34.2 Å². The molecule has 10 heteroatoms. The van der Waals surface area contributed by atoms with Gasteiger partial charge in [-0.1, -0.05) is 12.1 Å². The van der Waals surface area contributed by atoms with E-state index >= 15 is 0 Å². The first-order valence-corrected chi connectivity index (χ1v) is 10.6. The molecule has 1 saturated heterocycles. The summed E-state index contributed by atoms with van der Waals surface area (Å²) >= 11 is 0. The largest absolute Gasteiger partial charge is 0.444 e. The molecule has 1 heterocycles. The zero-order chi connectivity index (χ0) is 20.9. The van der Waals surface area contributed by atoms with Crippen molar-refractivity contribution in [3.05, 3.63) is 29.8 Å². The number of benzene rings is 1. The predicted octanol–water partition coefficient (Wildman–Crippen LogP) is 1.01. The van der Waals surface area contributed by atoms with E-state index in [1.54, 1.807) is 13.1 Å². The van der Waals surface area contributed by atoms with Crippen molar-refractivity contribution in [2.75, 3.05) is 20.1 Å². The molecule has 4 N–H and O–H groups in total. The number of ether oxygens (including phenoxy) is 1. The summed E-state index contributed by atoms with van der Waals surface area (Å²) in [7, 11) is -2.06. The lowest BCUT2D eigenvalue weighted by atomic mass is 10.2. The number of rotatable bonds is 4. The van der Waals surface area contributed by atoms with Crippen LogP contribution in [0.4, 0.5) is 4.79 Å². The summed E-state index contributed by atoms with van der Waals surface area (Å²) in [6.07, 6.45) is 0.350. The van der Waals surface area contributed by atoms with Gasteiger partial charge in [0.15, 0.2) is 5.96 Å². The van der Waals surface area contributed by atoms with Crippen LogP contribution < -0.4 is 15.8 Å². The molecule has 0 bridgehead atoms. The summed E-state index contributed by atoms with van der Waals surface area (Å²) in [5.74, 6) is 0.675. The van der Waals surface area contributed by atoms with E-state index < -0.39 is 21.7 Å². The number of nitrogens with zero attached hydrogens (tertiary/aromatic N) is 2. The Morgan fingerprint density at radius 2 is 2.11 bits per heavy atom. The summed E-state index contributed by atoms with van der Waals surface area (Å²) in [4.78, 5) is 18.3. The molecule has 1 aliphatic rings. The maximum atomic E-state index is 11.9. The number of alkyl carbamates (subject to hydrolysis) is 1. The number of likely N-dealkylation sites (tertiary alicyclic amines) is 1. The highest BCUT2D eigenvalue weighted by Gasteiger charge is 2.27. The molecule has 0 aliphatic carbocycles. The molecule has 28 heavy (non-hydrogen) atoms. The van der Waals surface area contributed by atoms with Gasteiger partial charge >= 0.3 is 6.09 Å². The molecule has 1 aromatic rings. The van der Waals surface area contributed by atoms with Gasteiger partial charge in [0, 0.05) is 26.7 Å². The first kappa shape index (κ1) is 22.0. The standard InChI is InChI=1S/C18H29N5O4S/c1-18(2,3)27-17(24)22-14-8-9-23(12-14)16(20-4)21-11-13-6-5-7-15(10-13)28(19,25)26/h5-7,10,14H,8-9,11-12H2,1-4H3,(H,20,21)(H,22,24)(H2,19,25,26). The Bertz CT molecular complexity index is 833. The van der Waals surface area contributed by atoms with Crippen molar-refractivity contribution in [1.82, 2.24) is 15.5 Å². The summed E-state index contributed by atoms with van der Waals surface area (Å²) in [5, 5.41) is 11.3. The maximum absolute atomic E-state index is 11.9. The molecule has 0 radical (unpaired) electrons.